The number of hydrogen-bond donors (Lipinski definition) is 3. The summed E-state index contributed by atoms with van der Waals surface area (Å²) >= 11 is 0. The number of nitrogens with zero attached hydrogens (tertiary/aromatic N) is 1. The molecule has 6 heteroatoms. The van der Waals surface area contributed by atoms with Gasteiger partial charge in [0.05, 0.1) is 19.7 Å². The number of aliphatic imine (C=N–C) groups is 1. The van der Waals surface area contributed by atoms with Gasteiger partial charge in [-0.25, -0.2) is 0 Å². The summed E-state index contributed by atoms with van der Waals surface area (Å²) in [5.74, 6) is 1.65. The van der Waals surface area contributed by atoms with E-state index < -0.39 is 0 Å². The molecule has 2 rings (SSSR count). The van der Waals surface area contributed by atoms with Crippen molar-refractivity contribution in [1.29, 1.82) is 0 Å². The quantitative estimate of drug-likeness (QED) is 0.343. The second kappa shape index (κ2) is 10.7. The average molecular weight is 392 g/mol. The lowest BCUT2D eigenvalue weighted by Crippen LogP contribution is -2.40. The van der Waals surface area contributed by atoms with E-state index in [1.54, 1.807) is 0 Å². The molecule has 1 unspecified atom stereocenters. The zero-order chi connectivity index (χ0) is 20.5. The van der Waals surface area contributed by atoms with Crippen molar-refractivity contribution < 1.29 is 14.6 Å². The Labute approximate surface area is 169 Å². The van der Waals surface area contributed by atoms with Crippen LogP contribution in [-0.2, 0) is 10.2 Å². The van der Waals surface area contributed by atoms with Crippen LogP contribution in [0.15, 0.2) is 29.3 Å². The topological polar surface area (TPSA) is 75.1 Å². The normalized spacial score (nSPS) is 20.2. The van der Waals surface area contributed by atoms with Crippen LogP contribution in [0.5, 0.6) is 5.75 Å². The highest BCUT2D eigenvalue weighted by molar-refractivity contribution is 5.79. The highest BCUT2D eigenvalue weighted by Crippen LogP contribution is 2.32. The number of ether oxygens (including phenoxy) is 2. The molecule has 1 aliphatic rings. The first kappa shape index (κ1) is 22.5. The Bertz CT molecular complexity index is 602. The molecule has 1 heterocycles. The van der Waals surface area contributed by atoms with Crippen molar-refractivity contribution >= 4 is 5.96 Å². The van der Waals surface area contributed by atoms with Gasteiger partial charge in [0.2, 0.25) is 0 Å². The number of rotatable bonds is 9. The van der Waals surface area contributed by atoms with Crippen molar-refractivity contribution in [3.63, 3.8) is 0 Å². The zero-order valence-corrected chi connectivity index (χ0v) is 17.9. The summed E-state index contributed by atoms with van der Waals surface area (Å²) in [6.07, 6.45) is 1.67. The van der Waals surface area contributed by atoms with Gasteiger partial charge in [-0.05, 0) is 42.9 Å². The van der Waals surface area contributed by atoms with E-state index in [1.807, 2.05) is 19.1 Å². The Balaban J connectivity index is 1.81. The molecule has 1 atom stereocenters. The molecule has 1 aromatic rings. The summed E-state index contributed by atoms with van der Waals surface area (Å²) in [7, 11) is 0. The van der Waals surface area contributed by atoms with Gasteiger partial charge in [-0.3, -0.25) is 4.99 Å². The van der Waals surface area contributed by atoms with Crippen molar-refractivity contribution in [3.05, 3.63) is 29.8 Å². The summed E-state index contributed by atoms with van der Waals surface area (Å²) in [5, 5.41) is 15.9. The molecule has 0 spiro atoms. The fourth-order valence-corrected chi connectivity index (χ4v) is 3.27. The standard InChI is InChI=1S/C22H37N3O3/c1-5-23-20(25-16-22(10-13-26)11-14-27-17-22)24-12-15-28-19-8-6-18(7-9-19)21(2,3)4/h6-9,26H,5,10-17H2,1-4H3,(H2,23,24,25). The first-order chi connectivity index (χ1) is 13.4. The summed E-state index contributed by atoms with van der Waals surface area (Å²) < 4.78 is 11.4. The molecule has 3 N–H and O–H groups in total. The number of aliphatic hydroxyl groups is 1. The number of guanidine groups is 1. The van der Waals surface area contributed by atoms with E-state index in [0.717, 1.165) is 37.7 Å². The molecular formula is C22H37N3O3. The van der Waals surface area contributed by atoms with E-state index in [-0.39, 0.29) is 17.4 Å². The Morgan fingerprint density at radius 1 is 1.25 bits per heavy atom. The smallest absolute Gasteiger partial charge is 0.191 e. The van der Waals surface area contributed by atoms with E-state index >= 15 is 0 Å². The van der Waals surface area contributed by atoms with Crippen LogP contribution in [0.3, 0.4) is 0 Å². The molecule has 1 fully saturated rings. The molecule has 1 saturated heterocycles. The molecule has 28 heavy (non-hydrogen) atoms. The lowest BCUT2D eigenvalue weighted by Gasteiger charge is -2.24. The average Bonchev–Trinajstić information content (AvgIpc) is 3.12. The third kappa shape index (κ3) is 6.99. The molecule has 0 bridgehead atoms. The van der Waals surface area contributed by atoms with Gasteiger partial charge in [0.25, 0.3) is 0 Å². The third-order valence-electron chi connectivity index (χ3n) is 5.13. The summed E-state index contributed by atoms with van der Waals surface area (Å²) in [6.45, 7) is 12.9. The number of hydrogen-bond acceptors (Lipinski definition) is 4. The van der Waals surface area contributed by atoms with Gasteiger partial charge in [0, 0.05) is 25.2 Å². The fraction of sp³-hybridized carbons (Fsp3) is 0.682. The van der Waals surface area contributed by atoms with Crippen LogP contribution in [0.25, 0.3) is 0 Å². The van der Waals surface area contributed by atoms with Gasteiger partial charge in [-0.2, -0.15) is 0 Å². The van der Waals surface area contributed by atoms with Gasteiger partial charge in [0.1, 0.15) is 12.4 Å². The molecular weight excluding hydrogens is 354 g/mol. The Kier molecular flexibility index (Phi) is 8.58. The van der Waals surface area contributed by atoms with Crippen LogP contribution in [0.2, 0.25) is 0 Å². The SMILES string of the molecule is CCNC(=NCC1(CCO)CCOC1)NCCOc1ccc(C(C)(C)C)cc1. The molecule has 0 aliphatic carbocycles. The van der Waals surface area contributed by atoms with Gasteiger partial charge >= 0.3 is 0 Å². The molecule has 0 radical (unpaired) electrons. The maximum atomic E-state index is 9.35. The minimum atomic E-state index is -0.0393. The largest absolute Gasteiger partial charge is 0.492 e. The minimum absolute atomic E-state index is 0.0393. The van der Waals surface area contributed by atoms with Crippen molar-refractivity contribution in [3.8, 4) is 5.75 Å². The number of nitrogens with one attached hydrogen (secondary N) is 2. The number of benzene rings is 1. The molecule has 1 aliphatic heterocycles. The van der Waals surface area contributed by atoms with Gasteiger partial charge < -0.3 is 25.2 Å². The molecule has 0 amide bonds. The lowest BCUT2D eigenvalue weighted by molar-refractivity contribution is 0.131. The minimum Gasteiger partial charge on any atom is -0.492 e. The summed E-state index contributed by atoms with van der Waals surface area (Å²) in [6, 6.07) is 8.30. The van der Waals surface area contributed by atoms with Crippen LogP contribution >= 0.6 is 0 Å². The molecule has 158 valence electrons. The van der Waals surface area contributed by atoms with Crippen LogP contribution in [0.4, 0.5) is 0 Å². The van der Waals surface area contributed by atoms with Crippen LogP contribution in [0.1, 0.15) is 46.1 Å². The maximum Gasteiger partial charge on any atom is 0.191 e. The first-order valence-corrected chi connectivity index (χ1v) is 10.3. The predicted molar refractivity (Wildman–Crippen MR) is 114 cm³/mol. The highest BCUT2D eigenvalue weighted by Gasteiger charge is 2.34. The van der Waals surface area contributed by atoms with Crippen LogP contribution in [-0.4, -0.2) is 57.1 Å². The predicted octanol–water partition coefficient (Wildman–Crippen LogP) is 2.71. The monoisotopic (exact) mass is 391 g/mol. The van der Waals surface area contributed by atoms with Gasteiger partial charge in [-0.1, -0.05) is 32.9 Å². The Morgan fingerprint density at radius 2 is 2.00 bits per heavy atom. The highest BCUT2D eigenvalue weighted by atomic mass is 16.5. The molecule has 1 aromatic carbocycles. The van der Waals surface area contributed by atoms with Crippen molar-refractivity contribution in [2.24, 2.45) is 10.4 Å². The number of aliphatic hydroxyl groups excluding tert-OH is 1. The summed E-state index contributed by atoms with van der Waals surface area (Å²) in [5.41, 5.74) is 1.41. The van der Waals surface area contributed by atoms with Crippen LogP contribution < -0.4 is 15.4 Å². The molecule has 0 aromatic heterocycles. The molecule has 0 saturated carbocycles. The van der Waals surface area contributed by atoms with E-state index in [2.05, 4.69) is 43.5 Å². The van der Waals surface area contributed by atoms with E-state index in [9.17, 15) is 5.11 Å². The fourth-order valence-electron chi connectivity index (χ4n) is 3.27. The first-order valence-electron chi connectivity index (χ1n) is 10.3. The van der Waals surface area contributed by atoms with E-state index in [0.29, 0.717) is 26.3 Å². The second-order valence-electron chi connectivity index (χ2n) is 8.52. The maximum absolute atomic E-state index is 9.35. The van der Waals surface area contributed by atoms with Crippen LogP contribution in [0, 0.1) is 5.41 Å². The Morgan fingerprint density at radius 3 is 2.57 bits per heavy atom. The van der Waals surface area contributed by atoms with Crippen molar-refractivity contribution in [2.45, 2.75) is 46.0 Å². The van der Waals surface area contributed by atoms with Crippen molar-refractivity contribution in [2.75, 3.05) is 46.1 Å². The molecule has 6 nitrogen and oxygen atoms in total. The van der Waals surface area contributed by atoms with Gasteiger partial charge in [-0.15, -0.1) is 0 Å². The van der Waals surface area contributed by atoms with Gasteiger partial charge in [0.15, 0.2) is 5.96 Å². The zero-order valence-electron chi connectivity index (χ0n) is 17.9. The Hall–Kier alpha value is -1.79. The lowest BCUT2D eigenvalue weighted by atomic mass is 9.84. The van der Waals surface area contributed by atoms with Crippen molar-refractivity contribution in [1.82, 2.24) is 10.6 Å². The van der Waals surface area contributed by atoms with E-state index in [4.69, 9.17) is 14.5 Å². The summed E-state index contributed by atoms with van der Waals surface area (Å²) in [4.78, 5) is 4.72. The second-order valence-corrected chi connectivity index (χ2v) is 8.52. The third-order valence-corrected chi connectivity index (χ3v) is 5.13. The van der Waals surface area contributed by atoms with E-state index in [1.165, 1.54) is 5.56 Å².